The number of allylic oxidation sites excluding steroid dienone is 4. The molecule has 53 heavy (non-hydrogen) atoms. The van der Waals surface area contributed by atoms with Gasteiger partial charge in [-0.1, -0.05) is 118 Å². The first-order valence-corrected chi connectivity index (χ1v) is 20.3. The molecule has 0 fully saturated rings. The molecular weight excluding hydrogens is 659 g/mol. The summed E-state index contributed by atoms with van der Waals surface area (Å²) in [7, 11) is 0. The largest absolute Gasteiger partial charge is 0.311 e. The lowest BCUT2D eigenvalue weighted by atomic mass is 9.36. The minimum Gasteiger partial charge on any atom is -0.311 e. The lowest BCUT2D eigenvalue weighted by Gasteiger charge is -2.45. The van der Waals surface area contributed by atoms with E-state index in [4.69, 9.17) is 0 Å². The molecule has 4 heteroatoms. The van der Waals surface area contributed by atoms with Crippen molar-refractivity contribution in [2.24, 2.45) is 0 Å². The van der Waals surface area contributed by atoms with Gasteiger partial charge in [0, 0.05) is 43.7 Å². The van der Waals surface area contributed by atoms with Crippen LogP contribution < -0.4 is 25.5 Å². The van der Waals surface area contributed by atoms with E-state index in [1.165, 1.54) is 95.7 Å². The molecule has 0 bridgehead atoms. The zero-order valence-corrected chi connectivity index (χ0v) is 32.9. The number of aryl methyl sites for hydroxylation is 3. The van der Waals surface area contributed by atoms with Gasteiger partial charge in [-0.3, -0.25) is 0 Å². The topological polar surface area (TPSA) is 6.48 Å². The predicted molar refractivity (Wildman–Crippen MR) is 231 cm³/mol. The number of fused-ring (bicyclic) bond motifs is 7. The van der Waals surface area contributed by atoms with Gasteiger partial charge in [-0.15, -0.1) is 0 Å². The Labute approximate surface area is 319 Å². The van der Waals surface area contributed by atoms with Crippen molar-refractivity contribution in [3.8, 4) is 0 Å². The van der Waals surface area contributed by atoms with Crippen LogP contribution in [0.3, 0.4) is 0 Å². The van der Waals surface area contributed by atoms with Crippen molar-refractivity contribution >= 4 is 78.6 Å². The Morgan fingerprint density at radius 1 is 0.660 bits per heavy atom. The zero-order chi connectivity index (χ0) is 36.4. The first-order chi connectivity index (χ1) is 25.5. The van der Waals surface area contributed by atoms with Gasteiger partial charge < -0.3 is 9.80 Å². The van der Waals surface area contributed by atoms with E-state index in [2.05, 4.69) is 185 Å². The summed E-state index contributed by atoms with van der Waals surface area (Å²) in [6.07, 6.45) is 12.5. The summed E-state index contributed by atoms with van der Waals surface area (Å²) in [6.45, 7) is 16.9. The lowest BCUT2D eigenvalue weighted by molar-refractivity contribution is 0.339. The monoisotopic (exact) mass is 706 g/mol. The molecule has 0 radical (unpaired) electrons. The molecule has 1 aromatic heterocycles. The van der Waals surface area contributed by atoms with Crippen molar-refractivity contribution in [3.05, 3.63) is 148 Å². The maximum atomic E-state index is 2.73. The van der Waals surface area contributed by atoms with Crippen molar-refractivity contribution < 1.29 is 0 Å². The van der Waals surface area contributed by atoms with E-state index in [1.54, 1.807) is 10.4 Å². The van der Waals surface area contributed by atoms with Gasteiger partial charge in [-0.05, 0) is 120 Å². The molecule has 2 aliphatic carbocycles. The van der Waals surface area contributed by atoms with Crippen LogP contribution in [0, 0.1) is 20.8 Å². The van der Waals surface area contributed by atoms with Crippen LogP contribution >= 0.6 is 11.3 Å². The van der Waals surface area contributed by atoms with Crippen LogP contribution in [0.5, 0.6) is 0 Å². The molecule has 3 heterocycles. The molecule has 2 nitrogen and oxygen atoms in total. The molecule has 4 aliphatic rings. The van der Waals surface area contributed by atoms with E-state index in [1.807, 2.05) is 0 Å². The summed E-state index contributed by atoms with van der Waals surface area (Å²) in [4.78, 5) is 6.85. The van der Waals surface area contributed by atoms with E-state index in [9.17, 15) is 0 Å². The zero-order valence-electron chi connectivity index (χ0n) is 32.0. The van der Waals surface area contributed by atoms with E-state index in [0.29, 0.717) is 5.92 Å². The number of hydrogen-bond donors (Lipinski definition) is 0. The minimum absolute atomic E-state index is 0.0460. The van der Waals surface area contributed by atoms with Gasteiger partial charge in [-0.25, -0.2) is 0 Å². The van der Waals surface area contributed by atoms with Crippen molar-refractivity contribution in [2.75, 3.05) is 9.80 Å². The minimum atomic E-state index is 0.0460. The predicted octanol–water partition coefficient (Wildman–Crippen LogP) is 11.9. The van der Waals surface area contributed by atoms with Crippen LogP contribution in [-0.4, -0.2) is 6.71 Å². The Bertz CT molecular complexity index is 2550. The molecular formula is C49H47BN2S. The van der Waals surface area contributed by atoms with Crippen LogP contribution in [0.2, 0.25) is 0 Å². The highest BCUT2D eigenvalue weighted by atomic mass is 32.1. The molecule has 0 spiro atoms. The summed E-state index contributed by atoms with van der Waals surface area (Å²) in [5.74, 6) is 0.378. The molecule has 10 rings (SSSR count). The second-order valence-corrected chi connectivity index (χ2v) is 18.4. The number of hydrogen-bond acceptors (Lipinski definition) is 3. The molecule has 0 N–H and O–H groups in total. The van der Waals surface area contributed by atoms with Gasteiger partial charge in [-0.2, -0.15) is 11.3 Å². The van der Waals surface area contributed by atoms with E-state index < -0.39 is 0 Å². The Kier molecular flexibility index (Phi) is 7.18. The average molecular weight is 707 g/mol. The average Bonchev–Trinajstić information content (AvgIpc) is 3.57. The van der Waals surface area contributed by atoms with Gasteiger partial charge in [0.2, 0.25) is 0 Å². The van der Waals surface area contributed by atoms with Gasteiger partial charge in [0.05, 0.1) is 11.4 Å². The fourth-order valence-corrected chi connectivity index (χ4v) is 11.6. The van der Waals surface area contributed by atoms with Crippen LogP contribution in [0.25, 0.3) is 10.8 Å². The number of anilines is 6. The summed E-state index contributed by atoms with van der Waals surface area (Å²) in [5, 5.41) is 2.67. The van der Waals surface area contributed by atoms with Crippen molar-refractivity contribution in [1.29, 1.82) is 0 Å². The van der Waals surface area contributed by atoms with Gasteiger partial charge in [0.1, 0.15) is 0 Å². The quantitative estimate of drug-likeness (QED) is 0.169. The normalized spacial score (nSPS) is 18.8. The van der Waals surface area contributed by atoms with Crippen molar-refractivity contribution in [1.82, 2.24) is 0 Å². The van der Waals surface area contributed by atoms with Gasteiger partial charge in [0.25, 0.3) is 6.71 Å². The first-order valence-electron chi connectivity index (χ1n) is 19.5. The van der Waals surface area contributed by atoms with Crippen LogP contribution in [0.15, 0.2) is 115 Å². The van der Waals surface area contributed by atoms with Crippen molar-refractivity contribution in [3.63, 3.8) is 0 Å². The molecule has 0 amide bonds. The van der Waals surface area contributed by atoms with E-state index in [0.717, 1.165) is 6.42 Å². The summed E-state index contributed by atoms with van der Waals surface area (Å²) in [5.41, 5.74) is 17.7. The number of thiophene rings is 1. The molecule has 6 aromatic rings. The summed E-state index contributed by atoms with van der Waals surface area (Å²) in [6, 6.07) is 35.3. The molecule has 5 aromatic carbocycles. The third-order valence-corrected chi connectivity index (χ3v) is 14.3. The molecule has 2 aliphatic heterocycles. The van der Waals surface area contributed by atoms with Crippen molar-refractivity contribution in [2.45, 2.75) is 84.5 Å². The van der Waals surface area contributed by atoms with Gasteiger partial charge in [0.15, 0.2) is 0 Å². The third kappa shape index (κ3) is 4.84. The van der Waals surface area contributed by atoms with Crippen LogP contribution in [0.4, 0.5) is 34.1 Å². The maximum Gasteiger partial charge on any atom is 0.264 e. The SMILES string of the molecule is Cc1ccc(N2c3ccc(C)cc3B3c4sc5c(c4N(c4ccc(C6C=CC=CC6)c6ccccc46)c4cc(C)cc2c43)C(C)(C)CCC5(C)C)cc1. The molecule has 0 saturated heterocycles. The highest BCUT2D eigenvalue weighted by Gasteiger charge is 2.50. The maximum absolute atomic E-state index is 2.73. The van der Waals surface area contributed by atoms with E-state index >= 15 is 0 Å². The summed E-state index contributed by atoms with van der Waals surface area (Å²) < 4.78 is 1.50. The molecule has 262 valence electrons. The summed E-state index contributed by atoms with van der Waals surface area (Å²) >= 11 is 2.11. The lowest BCUT2D eigenvalue weighted by Crippen LogP contribution is -2.60. The Morgan fingerprint density at radius 3 is 2.11 bits per heavy atom. The second kappa shape index (κ2) is 11.6. The molecule has 0 saturated carbocycles. The van der Waals surface area contributed by atoms with E-state index in [-0.39, 0.29) is 17.5 Å². The first kappa shape index (κ1) is 32.8. The third-order valence-electron chi connectivity index (χ3n) is 12.7. The number of benzene rings is 5. The van der Waals surface area contributed by atoms with Crippen LogP contribution in [0.1, 0.15) is 85.6 Å². The molecule has 1 unspecified atom stereocenters. The smallest absolute Gasteiger partial charge is 0.264 e. The highest BCUT2D eigenvalue weighted by molar-refractivity contribution is 7.29. The Morgan fingerprint density at radius 2 is 1.36 bits per heavy atom. The molecule has 1 atom stereocenters. The number of nitrogens with zero attached hydrogens (tertiary/aromatic N) is 2. The van der Waals surface area contributed by atoms with Gasteiger partial charge >= 0.3 is 0 Å². The number of rotatable bonds is 3. The van der Waals surface area contributed by atoms with Crippen LogP contribution in [-0.2, 0) is 10.8 Å². The fraction of sp³-hybridized carbons (Fsp3) is 0.265. The Hall–Kier alpha value is -4.80. The fourth-order valence-electron chi connectivity index (χ4n) is 9.90. The standard InChI is InChI=1S/C49H47BN2S/c1-30-17-20-34(21-18-30)51-40-23-19-31(2)27-38(40)50-44-41(51)28-32(3)29-42(44)52(45-43-46(53-47(45)50)49(6,7)26-25-48(43,4)5)39-24-22-35(33-13-9-8-10-14-33)36-15-11-12-16-37(36)39/h8-13,15-24,27-29,33H,14,25-26H2,1-7H3. The Balaban J connectivity index is 1.33. The second-order valence-electron chi connectivity index (χ2n) is 17.4. The highest BCUT2D eigenvalue weighted by Crippen LogP contribution is 2.57.